The Morgan fingerprint density at radius 3 is 2.32 bits per heavy atom. The maximum absolute atomic E-state index is 6.39. The van der Waals surface area contributed by atoms with Gasteiger partial charge in [0, 0.05) is 11.6 Å². The molecule has 0 heterocycles. The van der Waals surface area contributed by atoms with Crippen LogP contribution in [-0.4, -0.2) is 13.7 Å². The van der Waals surface area contributed by atoms with Gasteiger partial charge in [0.1, 0.15) is 5.75 Å². The average Bonchev–Trinajstić information content (AvgIpc) is 2.38. The maximum atomic E-state index is 6.39. The number of methoxy groups -OCH3 is 1. The number of benzene rings is 1. The van der Waals surface area contributed by atoms with Crippen LogP contribution in [0.15, 0.2) is 18.2 Å². The molecule has 0 aliphatic carbocycles. The van der Waals surface area contributed by atoms with E-state index in [9.17, 15) is 0 Å². The standard InChI is InChI=1S/C16H28N2O/c1-6-11(10-17)15(18)13-9-12(16(2,3)4)7-8-14(13)19-5/h7-9,11,15H,6,10,17-18H2,1-5H3. The first-order valence-corrected chi connectivity index (χ1v) is 6.99. The normalized spacial score (nSPS) is 15.1. The molecule has 3 heteroatoms. The molecule has 0 aliphatic rings. The van der Waals surface area contributed by atoms with Crippen LogP contribution in [0.5, 0.6) is 5.75 Å². The Morgan fingerprint density at radius 1 is 1.26 bits per heavy atom. The summed E-state index contributed by atoms with van der Waals surface area (Å²) >= 11 is 0. The molecule has 2 unspecified atom stereocenters. The van der Waals surface area contributed by atoms with E-state index in [4.69, 9.17) is 16.2 Å². The van der Waals surface area contributed by atoms with Crippen molar-refractivity contribution in [2.45, 2.75) is 45.6 Å². The summed E-state index contributed by atoms with van der Waals surface area (Å²) in [5, 5.41) is 0. The van der Waals surface area contributed by atoms with E-state index >= 15 is 0 Å². The van der Waals surface area contributed by atoms with Crippen LogP contribution in [0.3, 0.4) is 0 Å². The molecule has 0 radical (unpaired) electrons. The minimum atomic E-state index is -0.0766. The summed E-state index contributed by atoms with van der Waals surface area (Å²) in [5.74, 6) is 1.14. The van der Waals surface area contributed by atoms with E-state index in [1.54, 1.807) is 7.11 Å². The first-order valence-electron chi connectivity index (χ1n) is 6.99. The average molecular weight is 264 g/mol. The molecule has 0 bridgehead atoms. The molecule has 0 aliphatic heterocycles. The van der Waals surface area contributed by atoms with Crippen LogP contribution in [0.2, 0.25) is 0 Å². The lowest BCUT2D eigenvalue weighted by atomic mass is 9.83. The Labute approximate surface area is 117 Å². The number of ether oxygens (including phenoxy) is 1. The SMILES string of the molecule is CCC(CN)C(N)c1cc(C(C)(C)C)ccc1OC. The van der Waals surface area contributed by atoms with Gasteiger partial charge in [-0.05, 0) is 35.6 Å². The molecule has 0 saturated heterocycles. The van der Waals surface area contributed by atoms with E-state index in [0.717, 1.165) is 17.7 Å². The predicted octanol–water partition coefficient (Wildman–Crippen LogP) is 2.98. The van der Waals surface area contributed by atoms with Crippen molar-refractivity contribution in [2.24, 2.45) is 17.4 Å². The Bertz CT molecular complexity index is 406. The molecule has 1 aromatic carbocycles. The van der Waals surface area contributed by atoms with Gasteiger partial charge in [0.15, 0.2) is 0 Å². The van der Waals surface area contributed by atoms with Crippen LogP contribution < -0.4 is 16.2 Å². The monoisotopic (exact) mass is 264 g/mol. The Hall–Kier alpha value is -1.06. The first kappa shape index (κ1) is 16.0. The van der Waals surface area contributed by atoms with Crippen molar-refractivity contribution in [3.63, 3.8) is 0 Å². The van der Waals surface area contributed by atoms with Gasteiger partial charge in [0.25, 0.3) is 0 Å². The fourth-order valence-corrected chi connectivity index (χ4v) is 2.28. The molecule has 4 N–H and O–H groups in total. The molecule has 2 atom stereocenters. The highest BCUT2D eigenvalue weighted by Crippen LogP contribution is 2.33. The van der Waals surface area contributed by atoms with Crippen LogP contribution in [-0.2, 0) is 5.41 Å². The minimum absolute atomic E-state index is 0.0766. The highest BCUT2D eigenvalue weighted by molar-refractivity contribution is 5.41. The third kappa shape index (κ3) is 3.71. The lowest BCUT2D eigenvalue weighted by molar-refractivity contribution is 0.379. The number of nitrogens with two attached hydrogens (primary N) is 2. The third-order valence-corrected chi connectivity index (χ3v) is 3.79. The molecule has 0 fully saturated rings. The van der Waals surface area contributed by atoms with Gasteiger partial charge in [-0.25, -0.2) is 0 Å². The van der Waals surface area contributed by atoms with Crippen LogP contribution in [0.25, 0.3) is 0 Å². The van der Waals surface area contributed by atoms with Crippen molar-refractivity contribution < 1.29 is 4.74 Å². The van der Waals surface area contributed by atoms with E-state index in [2.05, 4.69) is 39.8 Å². The van der Waals surface area contributed by atoms with E-state index in [0.29, 0.717) is 6.54 Å². The molecule has 0 aromatic heterocycles. The van der Waals surface area contributed by atoms with Crippen LogP contribution in [0.1, 0.15) is 51.3 Å². The molecule has 0 amide bonds. The lowest BCUT2D eigenvalue weighted by Gasteiger charge is -2.26. The summed E-state index contributed by atoms with van der Waals surface area (Å²) < 4.78 is 5.45. The number of rotatable bonds is 5. The largest absolute Gasteiger partial charge is 0.496 e. The molecular weight excluding hydrogens is 236 g/mol. The molecular formula is C16H28N2O. The molecule has 108 valence electrons. The smallest absolute Gasteiger partial charge is 0.123 e. The second kappa shape index (κ2) is 6.40. The summed E-state index contributed by atoms with van der Waals surface area (Å²) in [6.07, 6.45) is 0.973. The van der Waals surface area contributed by atoms with Gasteiger partial charge >= 0.3 is 0 Å². The highest BCUT2D eigenvalue weighted by Gasteiger charge is 2.22. The fraction of sp³-hybridized carbons (Fsp3) is 0.625. The van der Waals surface area contributed by atoms with Crippen molar-refractivity contribution >= 4 is 0 Å². The molecule has 1 rings (SSSR count). The molecule has 0 spiro atoms. The van der Waals surface area contributed by atoms with Crippen molar-refractivity contribution in [1.82, 2.24) is 0 Å². The van der Waals surface area contributed by atoms with E-state index in [1.807, 2.05) is 6.07 Å². The lowest BCUT2D eigenvalue weighted by Crippen LogP contribution is -2.28. The highest BCUT2D eigenvalue weighted by atomic mass is 16.5. The third-order valence-electron chi connectivity index (χ3n) is 3.79. The van der Waals surface area contributed by atoms with Crippen LogP contribution in [0.4, 0.5) is 0 Å². The van der Waals surface area contributed by atoms with E-state index in [-0.39, 0.29) is 17.4 Å². The van der Waals surface area contributed by atoms with Gasteiger partial charge in [0.2, 0.25) is 0 Å². The van der Waals surface area contributed by atoms with Crippen molar-refractivity contribution in [2.75, 3.05) is 13.7 Å². The van der Waals surface area contributed by atoms with Crippen LogP contribution >= 0.6 is 0 Å². The maximum Gasteiger partial charge on any atom is 0.123 e. The summed E-state index contributed by atoms with van der Waals surface area (Å²) in [6, 6.07) is 6.21. The summed E-state index contributed by atoms with van der Waals surface area (Å²) in [6.45, 7) is 9.32. The summed E-state index contributed by atoms with van der Waals surface area (Å²) in [4.78, 5) is 0. The van der Waals surface area contributed by atoms with Gasteiger partial charge in [0.05, 0.1) is 7.11 Å². The summed E-state index contributed by atoms with van der Waals surface area (Å²) in [5.41, 5.74) is 14.6. The Balaban J connectivity index is 3.22. The van der Waals surface area contributed by atoms with Crippen LogP contribution in [0, 0.1) is 5.92 Å². The van der Waals surface area contributed by atoms with E-state index < -0.39 is 0 Å². The zero-order chi connectivity index (χ0) is 14.6. The number of hydrogen-bond acceptors (Lipinski definition) is 3. The van der Waals surface area contributed by atoms with Crippen molar-refractivity contribution in [3.05, 3.63) is 29.3 Å². The van der Waals surface area contributed by atoms with E-state index in [1.165, 1.54) is 5.56 Å². The molecule has 3 nitrogen and oxygen atoms in total. The van der Waals surface area contributed by atoms with Crippen molar-refractivity contribution in [1.29, 1.82) is 0 Å². The van der Waals surface area contributed by atoms with Crippen molar-refractivity contribution in [3.8, 4) is 5.75 Å². The fourth-order valence-electron chi connectivity index (χ4n) is 2.28. The number of hydrogen-bond donors (Lipinski definition) is 2. The second-order valence-electron chi connectivity index (χ2n) is 6.14. The zero-order valence-corrected chi connectivity index (χ0v) is 12.9. The molecule has 0 saturated carbocycles. The second-order valence-corrected chi connectivity index (χ2v) is 6.14. The summed E-state index contributed by atoms with van der Waals surface area (Å²) in [7, 11) is 1.69. The Morgan fingerprint density at radius 2 is 1.89 bits per heavy atom. The molecule has 19 heavy (non-hydrogen) atoms. The van der Waals surface area contributed by atoms with Gasteiger partial charge in [-0.2, -0.15) is 0 Å². The minimum Gasteiger partial charge on any atom is -0.496 e. The topological polar surface area (TPSA) is 61.3 Å². The van der Waals surface area contributed by atoms with Gasteiger partial charge in [-0.3, -0.25) is 0 Å². The first-order chi connectivity index (χ1) is 8.85. The predicted molar refractivity (Wildman–Crippen MR) is 81.5 cm³/mol. The molecule has 1 aromatic rings. The zero-order valence-electron chi connectivity index (χ0n) is 12.9. The quantitative estimate of drug-likeness (QED) is 0.859. The Kier molecular flexibility index (Phi) is 5.39. The van der Waals surface area contributed by atoms with Gasteiger partial charge < -0.3 is 16.2 Å². The van der Waals surface area contributed by atoms with Gasteiger partial charge in [-0.1, -0.05) is 40.2 Å². The van der Waals surface area contributed by atoms with Gasteiger partial charge in [-0.15, -0.1) is 0 Å².